The Balaban J connectivity index is 3.03. The number of carbonyl (C=O) groups excluding carboxylic acids is 1. The average molecular weight is 220 g/mol. The van der Waals surface area contributed by atoms with Gasteiger partial charge in [-0.3, -0.25) is 4.79 Å². The molecule has 2 atom stereocenters. The van der Waals surface area contributed by atoms with Crippen molar-refractivity contribution >= 4 is 5.78 Å². The van der Waals surface area contributed by atoms with Gasteiger partial charge in [-0.25, -0.2) is 0 Å². The van der Waals surface area contributed by atoms with E-state index in [1.165, 1.54) is 0 Å². The second kappa shape index (κ2) is 4.57. The molecule has 0 saturated heterocycles. The second-order valence-corrected chi connectivity index (χ2v) is 5.98. The molecule has 0 bridgehead atoms. The zero-order valence-electron chi connectivity index (χ0n) is 11.3. The van der Waals surface area contributed by atoms with Gasteiger partial charge in [-0.05, 0) is 44.1 Å². The molecular formula is C15H24O. The van der Waals surface area contributed by atoms with Gasteiger partial charge >= 0.3 is 0 Å². The van der Waals surface area contributed by atoms with E-state index >= 15 is 0 Å². The fourth-order valence-electron chi connectivity index (χ4n) is 2.66. The number of hydrogen-bond acceptors (Lipinski definition) is 1. The van der Waals surface area contributed by atoms with E-state index < -0.39 is 0 Å². The molecule has 0 spiro atoms. The molecule has 1 rings (SSSR count). The highest BCUT2D eigenvalue weighted by molar-refractivity contribution is 5.94. The SMILES string of the molecule is C=C1CCC(C)C(C)(C)C1C(=O)C=C(C)C. The summed E-state index contributed by atoms with van der Waals surface area (Å²) in [6.07, 6.45) is 3.93. The Kier molecular flexibility index (Phi) is 3.77. The first-order chi connectivity index (χ1) is 7.26. The summed E-state index contributed by atoms with van der Waals surface area (Å²) in [5, 5.41) is 0. The molecule has 0 aliphatic heterocycles. The van der Waals surface area contributed by atoms with E-state index in [1.54, 1.807) is 6.08 Å². The molecule has 0 aromatic rings. The molecule has 1 heteroatoms. The molecule has 2 unspecified atom stereocenters. The van der Waals surface area contributed by atoms with Crippen LogP contribution < -0.4 is 0 Å². The zero-order chi connectivity index (χ0) is 12.5. The van der Waals surface area contributed by atoms with Crippen molar-refractivity contribution in [2.45, 2.75) is 47.5 Å². The van der Waals surface area contributed by atoms with Crippen molar-refractivity contribution in [2.24, 2.45) is 17.3 Å². The number of allylic oxidation sites excluding steroid dienone is 3. The van der Waals surface area contributed by atoms with Crippen molar-refractivity contribution in [1.29, 1.82) is 0 Å². The standard InChI is InChI=1S/C15H24O/c1-10(2)9-13(16)14-11(3)7-8-12(4)15(14,5)6/h9,12,14H,3,7-8H2,1-2,4-6H3. The lowest BCUT2D eigenvalue weighted by Gasteiger charge is -2.44. The van der Waals surface area contributed by atoms with Gasteiger partial charge in [0.25, 0.3) is 0 Å². The molecule has 0 heterocycles. The monoisotopic (exact) mass is 220 g/mol. The number of rotatable bonds is 2. The van der Waals surface area contributed by atoms with Crippen LogP contribution in [0.4, 0.5) is 0 Å². The zero-order valence-corrected chi connectivity index (χ0v) is 11.3. The van der Waals surface area contributed by atoms with Gasteiger partial charge in [0.2, 0.25) is 0 Å². The van der Waals surface area contributed by atoms with Gasteiger partial charge in [-0.2, -0.15) is 0 Å². The van der Waals surface area contributed by atoms with Gasteiger partial charge in [0.1, 0.15) is 0 Å². The number of hydrogen-bond donors (Lipinski definition) is 0. The topological polar surface area (TPSA) is 17.1 Å². The van der Waals surface area contributed by atoms with E-state index in [0.717, 1.165) is 24.0 Å². The normalized spacial score (nSPS) is 28.7. The summed E-state index contributed by atoms with van der Waals surface area (Å²) >= 11 is 0. The maximum absolute atomic E-state index is 12.2. The van der Waals surface area contributed by atoms with E-state index in [2.05, 4.69) is 27.4 Å². The van der Waals surface area contributed by atoms with Crippen LogP contribution in [0, 0.1) is 17.3 Å². The van der Waals surface area contributed by atoms with Crippen LogP contribution in [0.3, 0.4) is 0 Å². The Morgan fingerprint density at radius 1 is 1.44 bits per heavy atom. The molecule has 0 aromatic carbocycles. The molecule has 0 N–H and O–H groups in total. The van der Waals surface area contributed by atoms with Crippen molar-refractivity contribution in [3.05, 3.63) is 23.8 Å². The van der Waals surface area contributed by atoms with Crippen LogP contribution in [0.25, 0.3) is 0 Å². The first kappa shape index (κ1) is 13.2. The van der Waals surface area contributed by atoms with Gasteiger partial charge < -0.3 is 0 Å². The fourth-order valence-corrected chi connectivity index (χ4v) is 2.66. The van der Waals surface area contributed by atoms with Crippen LogP contribution in [0.1, 0.15) is 47.5 Å². The molecule has 0 aromatic heterocycles. The molecule has 90 valence electrons. The third kappa shape index (κ3) is 2.45. The second-order valence-electron chi connectivity index (χ2n) is 5.98. The molecule has 1 aliphatic carbocycles. The maximum Gasteiger partial charge on any atom is 0.163 e. The lowest BCUT2D eigenvalue weighted by Crippen LogP contribution is -2.40. The minimum absolute atomic E-state index is 0.00569. The summed E-state index contributed by atoms with van der Waals surface area (Å²) in [5.41, 5.74) is 2.23. The van der Waals surface area contributed by atoms with E-state index in [1.807, 2.05) is 13.8 Å². The first-order valence-corrected chi connectivity index (χ1v) is 6.13. The van der Waals surface area contributed by atoms with Crippen molar-refractivity contribution in [3.63, 3.8) is 0 Å². The van der Waals surface area contributed by atoms with Crippen molar-refractivity contribution in [3.8, 4) is 0 Å². The Bertz CT molecular complexity index is 329. The largest absolute Gasteiger partial charge is 0.294 e. The average Bonchev–Trinajstić information content (AvgIpc) is 2.10. The van der Waals surface area contributed by atoms with E-state index in [-0.39, 0.29) is 17.1 Å². The Labute approximate surface area is 99.6 Å². The molecule has 1 saturated carbocycles. The third-order valence-corrected chi connectivity index (χ3v) is 4.04. The Morgan fingerprint density at radius 2 is 2.00 bits per heavy atom. The van der Waals surface area contributed by atoms with E-state index in [4.69, 9.17) is 0 Å². The van der Waals surface area contributed by atoms with Crippen LogP contribution >= 0.6 is 0 Å². The highest BCUT2D eigenvalue weighted by Gasteiger charge is 2.42. The Hall–Kier alpha value is -0.850. The van der Waals surface area contributed by atoms with Crippen LogP contribution in [-0.4, -0.2) is 5.78 Å². The molecule has 1 aliphatic rings. The van der Waals surface area contributed by atoms with Gasteiger partial charge in [-0.15, -0.1) is 0 Å². The summed E-state index contributed by atoms with van der Waals surface area (Å²) in [5.74, 6) is 0.824. The first-order valence-electron chi connectivity index (χ1n) is 6.13. The summed E-state index contributed by atoms with van der Waals surface area (Å²) in [6, 6.07) is 0. The van der Waals surface area contributed by atoms with Gasteiger partial charge in [-0.1, -0.05) is 38.5 Å². The van der Waals surface area contributed by atoms with E-state index in [9.17, 15) is 4.79 Å². The van der Waals surface area contributed by atoms with Crippen molar-refractivity contribution < 1.29 is 4.79 Å². The third-order valence-electron chi connectivity index (χ3n) is 4.04. The molecule has 0 radical (unpaired) electrons. The lowest BCUT2D eigenvalue weighted by molar-refractivity contribution is -0.122. The number of carbonyl (C=O) groups is 1. The molecular weight excluding hydrogens is 196 g/mol. The smallest absolute Gasteiger partial charge is 0.163 e. The maximum atomic E-state index is 12.2. The quantitative estimate of drug-likeness (QED) is 0.504. The van der Waals surface area contributed by atoms with Gasteiger partial charge in [0, 0.05) is 5.92 Å². The predicted molar refractivity (Wildman–Crippen MR) is 69.2 cm³/mol. The highest BCUT2D eigenvalue weighted by Crippen LogP contribution is 2.47. The van der Waals surface area contributed by atoms with Crippen molar-refractivity contribution in [1.82, 2.24) is 0 Å². The van der Waals surface area contributed by atoms with Gasteiger partial charge in [0.15, 0.2) is 5.78 Å². The van der Waals surface area contributed by atoms with Crippen molar-refractivity contribution in [2.75, 3.05) is 0 Å². The minimum Gasteiger partial charge on any atom is -0.294 e. The molecule has 16 heavy (non-hydrogen) atoms. The highest BCUT2D eigenvalue weighted by atomic mass is 16.1. The fraction of sp³-hybridized carbons (Fsp3) is 0.667. The summed E-state index contributed by atoms with van der Waals surface area (Å²) in [6.45, 7) is 14.7. The van der Waals surface area contributed by atoms with Crippen LogP contribution in [0.5, 0.6) is 0 Å². The summed E-state index contributed by atoms with van der Waals surface area (Å²) in [7, 11) is 0. The molecule has 1 nitrogen and oxygen atoms in total. The molecule has 1 fully saturated rings. The lowest BCUT2D eigenvalue weighted by atomic mass is 9.60. The van der Waals surface area contributed by atoms with Crippen LogP contribution in [0.15, 0.2) is 23.8 Å². The van der Waals surface area contributed by atoms with E-state index in [0.29, 0.717) is 5.92 Å². The van der Waals surface area contributed by atoms with Crippen LogP contribution in [0.2, 0.25) is 0 Å². The number of ketones is 1. The summed E-state index contributed by atoms with van der Waals surface area (Å²) in [4.78, 5) is 12.2. The predicted octanol–water partition coefficient (Wildman–Crippen LogP) is 4.15. The van der Waals surface area contributed by atoms with Crippen LogP contribution in [-0.2, 0) is 4.79 Å². The Morgan fingerprint density at radius 3 is 2.50 bits per heavy atom. The summed E-state index contributed by atoms with van der Waals surface area (Å²) < 4.78 is 0. The molecule has 0 amide bonds. The minimum atomic E-state index is 0.00569. The van der Waals surface area contributed by atoms with Gasteiger partial charge in [0.05, 0.1) is 0 Å².